The summed E-state index contributed by atoms with van der Waals surface area (Å²) in [6.45, 7) is 2.89. The Kier molecular flexibility index (Phi) is 4.51. The van der Waals surface area contributed by atoms with Crippen molar-refractivity contribution in [3.05, 3.63) is 17.7 Å². The molecule has 1 saturated heterocycles. The summed E-state index contributed by atoms with van der Waals surface area (Å²) in [5, 5.41) is 0. The topological polar surface area (TPSA) is 80.6 Å². The fourth-order valence-corrected chi connectivity index (χ4v) is 4.01. The van der Waals surface area contributed by atoms with E-state index in [9.17, 15) is 14.4 Å². The zero-order valence-electron chi connectivity index (χ0n) is 15.6. The van der Waals surface area contributed by atoms with Crippen LogP contribution in [0.3, 0.4) is 0 Å². The molecule has 0 bridgehead atoms. The number of benzene rings is 1. The number of hydrogen-bond donors (Lipinski definition) is 1. The Labute approximate surface area is 157 Å². The average molecular weight is 374 g/mol. The maximum absolute atomic E-state index is 12.5. The molecular weight excluding hydrogens is 350 g/mol. The molecule has 8 heteroatoms. The molecule has 3 aliphatic heterocycles. The lowest BCUT2D eigenvalue weighted by molar-refractivity contribution is -0.904. The summed E-state index contributed by atoms with van der Waals surface area (Å²) in [7, 11) is 3.55. The lowest BCUT2D eigenvalue weighted by Crippen LogP contribution is -3.14. The third-order valence-electron chi connectivity index (χ3n) is 5.50. The number of nitrogens with zero attached hydrogens (tertiary/aromatic N) is 2. The highest BCUT2D eigenvalue weighted by Gasteiger charge is 2.40. The van der Waals surface area contributed by atoms with Gasteiger partial charge in [0.05, 0.1) is 24.3 Å². The number of amides is 2. The number of ether oxygens (including phenoxy) is 2. The van der Waals surface area contributed by atoms with Gasteiger partial charge in [0.25, 0.3) is 5.78 Å². The summed E-state index contributed by atoms with van der Waals surface area (Å²) in [5.74, 6) is 0.279. The molecule has 2 amide bonds. The minimum atomic E-state index is -0.508. The molecule has 0 spiro atoms. The van der Waals surface area contributed by atoms with E-state index < -0.39 is 11.7 Å². The molecule has 0 unspecified atom stereocenters. The van der Waals surface area contributed by atoms with Gasteiger partial charge in [-0.25, -0.2) is 0 Å². The molecule has 4 rings (SSSR count). The van der Waals surface area contributed by atoms with E-state index in [-0.39, 0.29) is 11.8 Å². The van der Waals surface area contributed by atoms with Crippen molar-refractivity contribution in [2.24, 2.45) is 5.92 Å². The van der Waals surface area contributed by atoms with E-state index in [1.165, 1.54) is 4.90 Å². The number of carbonyl (C=O) groups is 3. The lowest BCUT2D eigenvalue weighted by Gasteiger charge is -2.32. The Balaban J connectivity index is 1.49. The largest absolute Gasteiger partial charge is 0.486 e. The van der Waals surface area contributed by atoms with Crippen molar-refractivity contribution in [2.45, 2.75) is 12.8 Å². The molecule has 27 heavy (non-hydrogen) atoms. The van der Waals surface area contributed by atoms with Crippen molar-refractivity contribution in [2.75, 3.05) is 52.0 Å². The number of nitrogens with one attached hydrogen (secondary N) is 1. The Morgan fingerprint density at radius 3 is 2.41 bits per heavy atom. The van der Waals surface area contributed by atoms with E-state index in [1.807, 2.05) is 0 Å². The number of anilines is 1. The Morgan fingerprint density at radius 2 is 1.78 bits per heavy atom. The molecule has 0 aromatic heterocycles. The molecule has 8 nitrogen and oxygen atoms in total. The van der Waals surface area contributed by atoms with E-state index in [4.69, 9.17) is 9.47 Å². The third-order valence-corrected chi connectivity index (χ3v) is 5.50. The van der Waals surface area contributed by atoms with Gasteiger partial charge in [-0.2, -0.15) is 0 Å². The number of piperidine rings is 1. The van der Waals surface area contributed by atoms with Crippen LogP contribution >= 0.6 is 0 Å². The summed E-state index contributed by atoms with van der Waals surface area (Å²) >= 11 is 0. The second kappa shape index (κ2) is 6.84. The zero-order valence-corrected chi connectivity index (χ0v) is 15.6. The van der Waals surface area contributed by atoms with Gasteiger partial charge < -0.3 is 19.3 Å². The minimum Gasteiger partial charge on any atom is -0.486 e. The Bertz CT molecular complexity index is 799. The van der Waals surface area contributed by atoms with Gasteiger partial charge >= 0.3 is 5.91 Å². The maximum atomic E-state index is 12.5. The van der Waals surface area contributed by atoms with Gasteiger partial charge in [-0.1, -0.05) is 0 Å². The van der Waals surface area contributed by atoms with Crippen molar-refractivity contribution in [3.8, 4) is 11.5 Å². The summed E-state index contributed by atoms with van der Waals surface area (Å²) in [6.07, 6.45) is 1.58. The molecule has 0 aliphatic carbocycles. The first-order chi connectivity index (χ1) is 13.0. The number of quaternary nitrogens is 1. The fourth-order valence-electron chi connectivity index (χ4n) is 4.01. The molecule has 1 N–H and O–H groups in total. The van der Waals surface area contributed by atoms with Crippen LogP contribution in [0.4, 0.5) is 5.69 Å². The van der Waals surface area contributed by atoms with Crippen LogP contribution in [-0.4, -0.2) is 69.6 Å². The number of rotatable bonds is 3. The van der Waals surface area contributed by atoms with Gasteiger partial charge in [0.2, 0.25) is 5.91 Å². The number of Topliss-reactive ketones (excluding diaryl/α,β-unsaturated/α-hetero) is 1. The van der Waals surface area contributed by atoms with Crippen molar-refractivity contribution in [1.82, 2.24) is 4.90 Å². The first-order valence-corrected chi connectivity index (χ1v) is 9.30. The standard InChI is InChI=1S/C19H23N3O5/c1-20(2)18(24)12-3-5-21(6-4-12)11-22-14-10-16-15(26-7-8-27-16)9-13(14)17(23)19(22)25/h9-10,12H,3-8,11H2,1-2H3/p+1. The summed E-state index contributed by atoms with van der Waals surface area (Å²) in [6, 6.07) is 3.34. The van der Waals surface area contributed by atoms with Crippen molar-refractivity contribution >= 4 is 23.3 Å². The van der Waals surface area contributed by atoms with Crippen LogP contribution in [0.25, 0.3) is 0 Å². The number of likely N-dealkylation sites (tertiary alicyclic amines) is 1. The molecule has 0 radical (unpaired) electrons. The molecule has 1 fully saturated rings. The number of fused-ring (bicyclic) bond motifs is 2. The highest BCUT2D eigenvalue weighted by atomic mass is 16.6. The lowest BCUT2D eigenvalue weighted by atomic mass is 9.96. The van der Waals surface area contributed by atoms with Gasteiger partial charge in [0, 0.05) is 38.9 Å². The van der Waals surface area contributed by atoms with Crippen molar-refractivity contribution < 1.29 is 28.8 Å². The molecule has 3 heterocycles. The molecule has 3 aliphatic rings. The number of hydrogen-bond acceptors (Lipinski definition) is 5. The number of carbonyl (C=O) groups excluding carboxylic acids is 3. The van der Waals surface area contributed by atoms with Crippen molar-refractivity contribution in [3.63, 3.8) is 0 Å². The Hall–Kier alpha value is -2.61. The van der Waals surface area contributed by atoms with Crippen LogP contribution < -0.4 is 19.3 Å². The van der Waals surface area contributed by atoms with Gasteiger partial charge in [0.15, 0.2) is 18.2 Å². The molecule has 0 saturated carbocycles. The predicted octanol–water partition coefficient (Wildman–Crippen LogP) is -0.672. The normalized spacial score (nSPS) is 24.0. The van der Waals surface area contributed by atoms with Crippen LogP contribution in [0, 0.1) is 5.92 Å². The molecule has 1 aromatic rings. The summed E-state index contributed by atoms with van der Waals surface area (Å²) in [4.78, 5) is 41.4. The van der Waals surface area contributed by atoms with E-state index in [0.29, 0.717) is 42.6 Å². The first-order valence-electron chi connectivity index (χ1n) is 9.30. The van der Waals surface area contributed by atoms with Gasteiger partial charge in [-0.3, -0.25) is 19.3 Å². The van der Waals surface area contributed by atoms with Gasteiger partial charge in [-0.05, 0) is 6.07 Å². The van der Waals surface area contributed by atoms with E-state index >= 15 is 0 Å². The molecule has 0 atom stereocenters. The second-order valence-corrected chi connectivity index (χ2v) is 7.49. The van der Waals surface area contributed by atoms with Crippen LogP contribution in [0.1, 0.15) is 23.2 Å². The second-order valence-electron chi connectivity index (χ2n) is 7.49. The van der Waals surface area contributed by atoms with Crippen LogP contribution in [0.5, 0.6) is 11.5 Å². The van der Waals surface area contributed by atoms with Gasteiger partial charge in [0.1, 0.15) is 13.2 Å². The van der Waals surface area contributed by atoms with Crippen molar-refractivity contribution in [1.29, 1.82) is 0 Å². The molecule has 1 aromatic carbocycles. The SMILES string of the molecule is CN(C)C(=O)C1CC[NH+](CN2C(=O)C(=O)c3cc4c(cc32)OCCO4)CC1. The molecule has 144 valence electrons. The van der Waals surface area contributed by atoms with E-state index in [2.05, 4.69) is 0 Å². The quantitative estimate of drug-likeness (QED) is 0.710. The Morgan fingerprint density at radius 1 is 1.15 bits per heavy atom. The third kappa shape index (κ3) is 3.14. The number of ketones is 1. The van der Waals surface area contributed by atoms with Gasteiger partial charge in [-0.15, -0.1) is 0 Å². The summed E-state index contributed by atoms with van der Waals surface area (Å²) < 4.78 is 11.1. The summed E-state index contributed by atoms with van der Waals surface area (Å²) in [5.41, 5.74) is 0.967. The molecular formula is C19H24N3O5+. The van der Waals surface area contributed by atoms with Crippen LogP contribution in [0.2, 0.25) is 0 Å². The van der Waals surface area contributed by atoms with E-state index in [1.54, 1.807) is 36.0 Å². The van der Waals surface area contributed by atoms with Crippen LogP contribution in [-0.2, 0) is 9.59 Å². The zero-order chi connectivity index (χ0) is 19.1. The van der Waals surface area contributed by atoms with Crippen LogP contribution in [0.15, 0.2) is 12.1 Å². The first kappa shape index (κ1) is 17.8. The fraction of sp³-hybridized carbons (Fsp3) is 0.526. The highest BCUT2D eigenvalue weighted by Crippen LogP contribution is 2.40. The van der Waals surface area contributed by atoms with E-state index in [0.717, 1.165) is 25.9 Å². The maximum Gasteiger partial charge on any atom is 0.303 e. The predicted molar refractivity (Wildman–Crippen MR) is 96.2 cm³/mol. The monoisotopic (exact) mass is 374 g/mol. The smallest absolute Gasteiger partial charge is 0.303 e. The minimum absolute atomic E-state index is 0.0458. The average Bonchev–Trinajstić information content (AvgIpc) is 2.90. The highest BCUT2D eigenvalue weighted by molar-refractivity contribution is 6.52.